The van der Waals surface area contributed by atoms with Crippen molar-refractivity contribution >= 4 is 17.8 Å². The van der Waals surface area contributed by atoms with Crippen molar-refractivity contribution < 1.29 is 14.1 Å². The van der Waals surface area contributed by atoms with E-state index in [2.05, 4.69) is 37.9 Å². The van der Waals surface area contributed by atoms with Gasteiger partial charge in [-0.3, -0.25) is 19.5 Å². The number of carbonyl (C=O) groups is 2. The summed E-state index contributed by atoms with van der Waals surface area (Å²) in [6, 6.07) is 0. The second-order valence-corrected chi connectivity index (χ2v) is 7.85. The van der Waals surface area contributed by atoms with Crippen LogP contribution in [0, 0.1) is 30.6 Å². The molecular formula is C20H28N6O3. The van der Waals surface area contributed by atoms with Crippen molar-refractivity contribution in [2.45, 2.75) is 33.1 Å². The third kappa shape index (κ3) is 3.90. The lowest BCUT2D eigenvalue weighted by atomic mass is 9.85. The van der Waals surface area contributed by atoms with Gasteiger partial charge in [0.25, 0.3) is 0 Å². The summed E-state index contributed by atoms with van der Waals surface area (Å²) in [4.78, 5) is 35.6. The SMILES string of the molecule is CCNC(=NCCCN1C(=O)C2C3C=CC(C3)C2C1=O)NCCc1nc(C)no1. The molecular weight excluding hydrogens is 372 g/mol. The number of fused-ring (bicyclic) bond motifs is 5. The van der Waals surface area contributed by atoms with E-state index in [9.17, 15) is 9.59 Å². The highest BCUT2D eigenvalue weighted by molar-refractivity contribution is 6.06. The van der Waals surface area contributed by atoms with Crippen LogP contribution in [0.5, 0.6) is 0 Å². The van der Waals surface area contributed by atoms with E-state index in [-0.39, 0.29) is 35.5 Å². The topological polar surface area (TPSA) is 113 Å². The van der Waals surface area contributed by atoms with Gasteiger partial charge in [0.2, 0.25) is 17.7 Å². The minimum Gasteiger partial charge on any atom is -0.357 e. The summed E-state index contributed by atoms with van der Waals surface area (Å²) in [5.41, 5.74) is 0. The number of rotatable bonds is 8. The molecule has 156 valence electrons. The smallest absolute Gasteiger partial charge is 0.233 e. The lowest BCUT2D eigenvalue weighted by Crippen LogP contribution is -2.38. The molecule has 0 spiro atoms. The summed E-state index contributed by atoms with van der Waals surface area (Å²) >= 11 is 0. The normalized spacial score (nSPS) is 27.8. The van der Waals surface area contributed by atoms with Gasteiger partial charge in [0.1, 0.15) is 0 Å². The first kappa shape index (κ1) is 19.6. The van der Waals surface area contributed by atoms with Crippen molar-refractivity contribution in [1.29, 1.82) is 0 Å². The van der Waals surface area contributed by atoms with Gasteiger partial charge in [0.15, 0.2) is 11.8 Å². The van der Waals surface area contributed by atoms with Crippen molar-refractivity contribution in [1.82, 2.24) is 25.7 Å². The molecule has 2 amide bonds. The number of allylic oxidation sites excluding steroid dienone is 2. The zero-order valence-corrected chi connectivity index (χ0v) is 16.9. The Morgan fingerprint density at radius 1 is 1.24 bits per heavy atom. The summed E-state index contributed by atoms with van der Waals surface area (Å²) in [7, 11) is 0. The second-order valence-electron chi connectivity index (χ2n) is 7.85. The maximum absolute atomic E-state index is 12.7. The molecule has 0 radical (unpaired) electrons. The molecule has 29 heavy (non-hydrogen) atoms. The van der Waals surface area contributed by atoms with E-state index in [1.807, 2.05) is 6.92 Å². The third-order valence-electron chi connectivity index (χ3n) is 5.92. The van der Waals surface area contributed by atoms with Crippen LogP contribution in [0.15, 0.2) is 21.7 Å². The van der Waals surface area contributed by atoms with Crippen LogP contribution in [0.2, 0.25) is 0 Å². The van der Waals surface area contributed by atoms with Crippen LogP contribution in [-0.4, -0.2) is 59.0 Å². The van der Waals surface area contributed by atoms with Crippen molar-refractivity contribution in [2.24, 2.45) is 28.7 Å². The first-order valence-corrected chi connectivity index (χ1v) is 10.4. The van der Waals surface area contributed by atoms with Gasteiger partial charge in [-0.1, -0.05) is 17.3 Å². The van der Waals surface area contributed by atoms with Gasteiger partial charge in [-0.05, 0) is 38.5 Å². The Labute approximate surface area is 170 Å². The van der Waals surface area contributed by atoms with E-state index in [4.69, 9.17) is 4.52 Å². The van der Waals surface area contributed by atoms with Crippen LogP contribution in [0.4, 0.5) is 0 Å². The van der Waals surface area contributed by atoms with Gasteiger partial charge in [0, 0.05) is 32.6 Å². The number of likely N-dealkylation sites (tertiary alicyclic amines) is 1. The lowest BCUT2D eigenvalue weighted by molar-refractivity contribution is -0.140. The summed E-state index contributed by atoms with van der Waals surface area (Å²) in [6.07, 6.45) is 6.47. The molecule has 4 unspecified atom stereocenters. The molecule has 9 nitrogen and oxygen atoms in total. The fourth-order valence-electron chi connectivity index (χ4n) is 4.68. The lowest BCUT2D eigenvalue weighted by Gasteiger charge is -2.16. The van der Waals surface area contributed by atoms with Crippen molar-refractivity contribution in [2.75, 3.05) is 26.2 Å². The molecule has 1 saturated heterocycles. The highest BCUT2D eigenvalue weighted by Gasteiger charge is 2.58. The maximum atomic E-state index is 12.7. The van der Waals surface area contributed by atoms with Crippen LogP contribution in [0.25, 0.3) is 0 Å². The average molecular weight is 400 g/mol. The molecule has 2 N–H and O–H groups in total. The number of nitrogens with one attached hydrogen (secondary N) is 2. The zero-order chi connectivity index (χ0) is 20.4. The van der Waals surface area contributed by atoms with Gasteiger partial charge in [-0.2, -0.15) is 4.98 Å². The number of amides is 2. The number of nitrogens with zero attached hydrogens (tertiary/aromatic N) is 4. The molecule has 2 heterocycles. The fourth-order valence-corrected chi connectivity index (χ4v) is 4.68. The maximum Gasteiger partial charge on any atom is 0.233 e. The van der Waals surface area contributed by atoms with E-state index in [1.165, 1.54) is 4.90 Å². The predicted molar refractivity (Wildman–Crippen MR) is 106 cm³/mol. The minimum absolute atomic E-state index is 0.0145. The number of aliphatic imine (C=N–C) groups is 1. The van der Waals surface area contributed by atoms with Crippen LogP contribution < -0.4 is 10.6 Å². The largest absolute Gasteiger partial charge is 0.357 e. The Balaban J connectivity index is 1.24. The number of guanidine groups is 1. The van der Waals surface area contributed by atoms with Gasteiger partial charge in [-0.15, -0.1) is 0 Å². The molecule has 1 aliphatic heterocycles. The van der Waals surface area contributed by atoms with E-state index < -0.39 is 0 Å². The highest BCUT2D eigenvalue weighted by atomic mass is 16.5. The van der Waals surface area contributed by atoms with E-state index in [0.717, 1.165) is 13.0 Å². The second kappa shape index (κ2) is 8.34. The third-order valence-corrected chi connectivity index (χ3v) is 5.92. The van der Waals surface area contributed by atoms with Gasteiger partial charge >= 0.3 is 0 Å². The van der Waals surface area contributed by atoms with Crippen molar-refractivity contribution in [3.05, 3.63) is 23.9 Å². The van der Waals surface area contributed by atoms with Crippen molar-refractivity contribution in [3.63, 3.8) is 0 Å². The fraction of sp³-hybridized carbons (Fsp3) is 0.650. The first-order chi connectivity index (χ1) is 14.1. The van der Waals surface area contributed by atoms with Crippen molar-refractivity contribution in [3.8, 4) is 0 Å². The average Bonchev–Trinajstić information content (AvgIpc) is 3.46. The van der Waals surface area contributed by atoms with Crippen LogP contribution in [0.1, 0.15) is 31.5 Å². The van der Waals surface area contributed by atoms with Crippen LogP contribution in [0.3, 0.4) is 0 Å². The molecule has 1 aromatic heterocycles. The molecule has 9 heteroatoms. The Morgan fingerprint density at radius 3 is 2.59 bits per heavy atom. The van der Waals surface area contributed by atoms with Gasteiger partial charge in [0.05, 0.1) is 11.8 Å². The minimum atomic E-state index is -0.117. The van der Waals surface area contributed by atoms with E-state index >= 15 is 0 Å². The standard InChI is InChI=1S/C20H28N6O3/c1-3-21-20(23-9-7-15-24-12(2)25-29-15)22-8-4-10-26-18(27)16-13-5-6-14(11-13)17(16)19(26)28/h5-6,13-14,16-17H,3-4,7-11H2,1-2H3,(H2,21,22,23). The Hall–Kier alpha value is -2.71. The predicted octanol–water partition coefficient (Wildman–Crippen LogP) is 0.673. The number of hydrogen-bond acceptors (Lipinski definition) is 6. The summed E-state index contributed by atoms with van der Waals surface area (Å²) in [6.45, 7) is 6.13. The zero-order valence-electron chi connectivity index (χ0n) is 16.9. The summed E-state index contributed by atoms with van der Waals surface area (Å²) < 4.78 is 5.10. The molecule has 3 aliphatic rings. The summed E-state index contributed by atoms with van der Waals surface area (Å²) in [5, 5.41) is 10.2. The first-order valence-electron chi connectivity index (χ1n) is 10.4. The molecule has 2 aliphatic carbocycles. The monoisotopic (exact) mass is 400 g/mol. The number of aryl methyl sites for hydroxylation is 1. The number of hydrogen-bond donors (Lipinski definition) is 2. The molecule has 4 atom stereocenters. The van der Waals surface area contributed by atoms with Crippen LogP contribution >= 0.6 is 0 Å². The molecule has 2 bridgehead atoms. The van der Waals surface area contributed by atoms with Gasteiger partial charge in [-0.25, -0.2) is 0 Å². The van der Waals surface area contributed by atoms with Crippen LogP contribution in [-0.2, 0) is 16.0 Å². The molecule has 1 saturated carbocycles. The Kier molecular flexibility index (Phi) is 5.64. The molecule has 2 fully saturated rings. The molecule has 1 aromatic rings. The number of imide groups is 1. The van der Waals surface area contributed by atoms with Gasteiger partial charge < -0.3 is 15.2 Å². The summed E-state index contributed by atoms with van der Waals surface area (Å²) in [5.74, 6) is 2.23. The Morgan fingerprint density at radius 2 is 1.97 bits per heavy atom. The molecule has 0 aromatic carbocycles. The Bertz CT molecular complexity index is 802. The quantitative estimate of drug-likeness (QED) is 0.217. The highest BCUT2D eigenvalue weighted by Crippen LogP contribution is 2.52. The molecule has 4 rings (SSSR count). The number of carbonyl (C=O) groups excluding carboxylic acids is 2. The van der Waals surface area contributed by atoms with E-state index in [0.29, 0.717) is 50.2 Å². The van der Waals surface area contributed by atoms with E-state index in [1.54, 1.807) is 6.92 Å². The number of aromatic nitrogens is 2.